The molecule has 0 aromatic rings. The lowest BCUT2D eigenvalue weighted by atomic mass is 9.93. The largest absolute Gasteiger partial charge is 0.314 e. The van der Waals surface area contributed by atoms with Crippen LogP contribution in [0.3, 0.4) is 0 Å². The number of likely N-dealkylation sites (tertiary alicyclic amines) is 1. The molecule has 2 heterocycles. The standard InChI is InChI=1S/C10H20N2.C2H6.H2/c1-8(2)12-6-4-10-9(7-12)3-5-11-10;1-2;/h8-11H,3-7H2,1-2H3;1-2H3;1H/t9-,10+;;/m0../s1. The third-order valence-corrected chi connectivity index (χ3v) is 3.42. The van der Waals surface area contributed by atoms with Crippen molar-refractivity contribution in [2.24, 2.45) is 5.92 Å². The van der Waals surface area contributed by atoms with Gasteiger partial charge in [0.1, 0.15) is 0 Å². The fourth-order valence-electron chi connectivity index (χ4n) is 2.54. The first kappa shape index (κ1) is 12.0. The number of hydrogen-bond donors (Lipinski definition) is 1. The van der Waals surface area contributed by atoms with Crippen molar-refractivity contribution in [2.75, 3.05) is 19.6 Å². The zero-order valence-corrected chi connectivity index (χ0v) is 10.2. The monoisotopic (exact) mass is 200 g/mol. The lowest BCUT2D eigenvalue weighted by Crippen LogP contribution is -2.46. The van der Waals surface area contributed by atoms with Crippen LogP contribution in [0.5, 0.6) is 0 Å². The lowest BCUT2D eigenvalue weighted by Gasteiger charge is -2.37. The SMILES string of the molecule is CC.CC(C)N1CC[C@H]2NCC[C@H]2C1.[HH]. The summed E-state index contributed by atoms with van der Waals surface area (Å²) in [6.07, 6.45) is 2.76. The molecule has 0 aliphatic carbocycles. The fraction of sp³-hybridized carbons (Fsp3) is 1.00. The van der Waals surface area contributed by atoms with E-state index in [0.29, 0.717) is 0 Å². The normalized spacial score (nSPS) is 32.4. The van der Waals surface area contributed by atoms with Crippen LogP contribution >= 0.6 is 0 Å². The molecule has 0 unspecified atom stereocenters. The van der Waals surface area contributed by atoms with Gasteiger partial charge in [0.15, 0.2) is 0 Å². The Morgan fingerprint density at radius 3 is 2.64 bits per heavy atom. The summed E-state index contributed by atoms with van der Waals surface area (Å²) in [5, 5.41) is 3.59. The predicted octanol–water partition coefficient (Wildman–Crippen LogP) is 2.35. The maximum Gasteiger partial charge on any atom is 0.0120 e. The van der Waals surface area contributed by atoms with Gasteiger partial charge in [-0.3, -0.25) is 0 Å². The average molecular weight is 200 g/mol. The molecule has 0 amide bonds. The van der Waals surface area contributed by atoms with Gasteiger partial charge >= 0.3 is 0 Å². The van der Waals surface area contributed by atoms with Crippen LogP contribution in [0.2, 0.25) is 0 Å². The molecule has 2 aliphatic rings. The maximum absolute atomic E-state index is 3.59. The Labute approximate surface area is 90.5 Å². The van der Waals surface area contributed by atoms with Crippen LogP contribution < -0.4 is 5.32 Å². The van der Waals surface area contributed by atoms with E-state index >= 15 is 0 Å². The molecule has 2 fully saturated rings. The average Bonchev–Trinajstić information content (AvgIpc) is 2.67. The number of nitrogens with one attached hydrogen (secondary N) is 1. The van der Waals surface area contributed by atoms with Gasteiger partial charge in [0.2, 0.25) is 0 Å². The summed E-state index contributed by atoms with van der Waals surface area (Å²) in [5.74, 6) is 0.946. The fourth-order valence-corrected chi connectivity index (χ4v) is 2.54. The molecule has 2 rings (SSSR count). The molecule has 1 N–H and O–H groups in total. The molecular weight excluding hydrogens is 172 g/mol. The van der Waals surface area contributed by atoms with Gasteiger partial charge < -0.3 is 10.2 Å². The molecule has 0 radical (unpaired) electrons. The summed E-state index contributed by atoms with van der Waals surface area (Å²) in [6.45, 7) is 12.5. The Kier molecular flexibility index (Phi) is 4.90. The number of piperidine rings is 1. The molecule has 2 aliphatic heterocycles. The van der Waals surface area contributed by atoms with Gasteiger partial charge in [0.05, 0.1) is 0 Å². The molecular formula is C12H28N2. The molecule has 0 saturated carbocycles. The van der Waals surface area contributed by atoms with Crippen molar-refractivity contribution in [2.45, 2.75) is 52.6 Å². The van der Waals surface area contributed by atoms with Crippen LogP contribution in [0.4, 0.5) is 0 Å². The second kappa shape index (κ2) is 5.72. The third kappa shape index (κ3) is 2.71. The van der Waals surface area contributed by atoms with E-state index in [1.165, 1.54) is 32.5 Å². The van der Waals surface area contributed by atoms with E-state index < -0.39 is 0 Å². The van der Waals surface area contributed by atoms with Crippen LogP contribution in [0.1, 0.15) is 42.0 Å². The molecule has 2 nitrogen and oxygen atoms in total. The van der Waals surface area contributed by atoms with E-state index in [-0.39, 0.29) is 1.43 Å². The highest BCUT2D eigenvalue weighted by Crippen LogP contribution is 2.25. The van der Waals surface area contributed by atoms with Gasteiger partial charge in [-0.05, 0) is 45.7 Å². The minimum absolute atomic E-state index is 0. The summed E-state index contributed by atoms with van der Waals surface area (Å²) >= 11 is 0. The zero-order valence-electron chi connectivity index (χ0n) is 10.2. The van der Waals surface area contributed by atoms with Gasteiger partial charge in [-0.2, -0.15) is 0 Å². The first-order valence-corrected chi connectivity index (χ1v) is 6.25. The Morgan fingerprint density at radius 1 is 1.29 bits per heavy atom. The van der Waals surface area contributed by atoms with Crippen molar-refractivity contribution in [3.05, 3.63) is 0 Å². The lowest BCUT2D eigenvalue weighted by molar-refractivity contribution is 0.130. The summed E-state index contributed by atoms with van der Waals surface area (Å²) < 4.78 is 0. The van der Waals surface area contributed by atoms with Gasteiger partial charge in [-0.1, -0.05) is 13.8 Å². The predicted molar refractivity (Wildman–Crippen MR) is 64.7 cm³/mol. The van der Waals surface area contributed by atoms with E-state index in [1.54, 1.807) is 0 Å². The molecule has 0 spiro atoms. The first-order chi connectivity index (χ1) is 6.77. The Morgan fingerprint density at radius 2 is 2.00 bits per heavy atom. The van der Waals surface area contributed by atoms with E-state index in [9.17, 15) is 0 Å². The van der Waals surface area contributed by atoms with E-state index in [0.717, 1.165) is 18.0 Å². The van der Waals surface area contributed by atoms with Crippen LogP contribution in [0.15, 0.2) is 0 Å². The quantitative estimate of drug-likeness (QED) is 0.699. The van der Waals surface area contributed by atoms with E-state index in [4.69, 9.17) is 0 Å². The second-order valence-corrected chi connectivity index (χ2v) is 4.49. The highest BCUT2D eigenvalue weighted by atomic mass is 15.2. The van der Waals surface area contributed by atoms with E-state index in [1.807, 2.05) is 13.8 Å². The smallest absolute Gasteiger partial charge is 0.0120 e. The molecule has 0 aromatic carbocycles. The number of fused-ring (bicyclic) bond motifs is 1. The summed E-state index contributed by atoms with van der Waals surface area (Å²) in [7, 11) is 0. The minimum atomic E-state index is 0. The summed E-state index contributed by atoms with van der Waals surface area (Å²) in [4.78, 5) is 2.62. The zero-order chi connectivity index (χ0) is 10.6. The van der Waals surface area contributed by atoms with Crippen molar-refractivity contribution in [3.63, 3.8) is 0 Å². The van der Waals surface area contributed by atoms with Crippen molar-refractivity contribution in [3.8, 4) is 0 Å². The Balaban J connectivity index is 0.000000617. The van der Waals surface area contributed by atoms with Gasteiger partial charge in [0, 0.05) is 20.1 Å². The number of nitrogens with zero attached hydrogens (tertiary/aromatic N) is 1. The maximum atomic E-state index is 3.59. The second-order valence-electron chi connectivity index (χ2n) is 4.49. The molecule has 2 atom stereocenters. The highest BCUT2D eigenvalue weighted by molar-refractivity contribution is 4.90. The molecule has 86 valence electrons. The third-order valence-electron chi connectivity index (χ3n) is 3.42. The van der Waals surface area contributed by atoms with Gasteiger partial charge in [0.25, 0.3) is 0 Å². The number of rotatable bonds is 1. The van der Waals surface area contributed by atoms with Crippen LogP contribution in [0.25, 0.3) is 0 Å². The molecule has 2 saturated heterocycles. The molecule has 0 bridgehead atoms. The minimum Gasteiger partial charge on any atom is -0.314 e. The highest BCUT2D eigenvalue weighted by Gasteiger charge is 2.32. The van der Waals surface area contributed by atoms with Crippen molar-refractivity contribution in [1.29, 1.82) is 0 Å². The van der Waals surface area contributed by atoms with Crippen molar-refractivity contribution in [1.82, 2.24) is 10.2 Å². The van der Waals surface area contributed by atoms with Gasteiger partial charge in [-0.15, -0.1) is 0 Å². The van der Waals surface area contributed by atoms with Crippen molar-refractivity contribution >= 4 is 0 Å². The Bertz CT molecular complexity index is 162. The first-order valence-electron chi connectivity index (χ1n) is 6.25. The van der Waals surface area contributed by atoms with E-state index in [2.05, 4.69) is 24.1 Å². The molecule has 2 heteroatoms. The van der Waals surface area contributed by atoms with Crippen LogP contribution in [-0.2, 0) is 0 Å². The Hall–Kier alpha value is -0.0800. The topological polar surface area (TPSA) is 15.3 Å². The van der Waals surface area contributed by atoms with Crippen LogP contribution in [-0.4, -0.2) is 36.6 Å². The molecule has 14 heavy (non-hydrogen) atoms. The summed E-state index contributed by atoms with van der Waals surface area (Å²) in [6, 6.07) is 1.59. The number of hydrogen-bond acceptors (Lipinski definition) is 2. The molecule has 0 aromatic heterocycles. The van der Waals surface area contributed by atoms with Crippen LogP contribution in [0, 0.1) is 5.92 Å². The van der Waals surface area contributed by atoms with Crippen molar-refractivity contribution < 1.29 is 1.43 Å². The summed E-state index contributed by atoms with van der Waals surface area (Å²) in [5.41, 5.74) is 0. The van der Waals surface area contributed by atoms with Gasteiger partial charge in [-0.25, -0.2) is 0 Å².